The summed E-state index contributed by atoms with van der Waals surface area (Å²) in [5.74, 6) is 0. The molecule has 4 rings (SSSR count). The molecule has 0 saturated heterocycles. The van der Waals surface area contributed by atoms with Crippen LogP contribution in [-0.2, 0) is 0 Å². The minimum atomic E-state index is 0.917. The Balaban J connectivity index is 2.07. The molecule has 3 heteroatoms. The lowest BCUT2D eigenvalue weighted by atomic mass is 10.1. The highest BCUT2D eigenvalue weighted by molar-refractivity contribution is 6.05. The molecule has 0 amide bonds. The van der Waals surface area contributed by atoms with Gasteiger partial charge >= 0.3 is 0 Å². The standard InChI is InChI=1S/C15H10N2O/c1-2-4-14-12(3-1)13-9-11(5-6-15(13)18-14)17-8-7-16-10-17/h1-10H. The molecule has 0 N–H and O–H groups in total. The van der Waals surface area contributed by atoms with E-state index in [2.05, 4.69) is 17.1 Å². The smallest absolute Gasteiger partial charge is 0.135 e. The average Bonchev–Trinajstić information content (AvgIpc) is 3.05. The van der Waals surface area contributed by atoms with Crippen molar-refractivity contribution in [3.63, 3.8) is 0 Å². The lowest BCUT2D eigenvalue weighted by Crippen LogP contribution is -1.88. The number of para-hydroxylation sites is 1. The summed E-state index contributed by atoms with van der Waals surface area (Å²) in [5, 5.41) is 2.28. The van der Waals surface area contributed by atoms with Crippen LogP contribution in [0.3, 0.4) is 0 Å². The highest BCUT2D eigenvalue weighted by Crippen LogP contribution is 2.29. The minimum Gasteiger partial charge on any atom is -0.456 e. The summed E-state index contributed by atoms with van der Waals surface area (Å²) in [4.78, 5) is 4.07. The van der Waals surface area contributed by atoms with Gasteiger partial charge in [-0.3, -0.25) is 0 Å². The molecule has 4 aromatic rings. The van der Waals surface area contributed by atoms with Crippen LogP contribution in [0.4, 0.5) is 0 Å². The summed E-state index contributed by atoms with van der Waals surface area (Å²) >= 11 is 0. The Hall–Kier alpha value is -2.55. The van der Waals surface area contributed by atoms with E-state index in [1.807, 2.05) is 41.1 Å². The summed E-state index contributed by atoms with van der Waals surface area (Å²) in [6.07, 6.45) is 5.50. The molecule has 2 heterocycles. The molecule has 0 aliphatic rings. The number of rotatable bonds is 1. The minimum absolute atomic E-state index is 0.917. The van der Waals surface area contributed by atoms with E-state index >= 15 is 0 Å². The zero-order chi connectivity index (χ0) is 11.9. The topological polar surface area (TPSA) is 31.0 Å². The molecule has 0 fully saturated rings. The van der Waals surface area contributed by atoms with E-state index < -0.39 is 0 Å². The molecular formula is C15H10N2O. The molecule has 0 aliphatic carbocycles. The second kappa shape index (κ2) is 3.47. The van der Waals surface area contributed by atoms with Gasteiger partial charge in [0.2, 0.25) is 0 Å². The molecule has 18 heavy (non-hydrogen) atoms. The maximum atomic E-state index is 5.80. The Bertz CT molecular complexity index is 828. The maximum Gasteiger partial charge on any atom is 0.135 e. The summed E-state index contributed by atoms with van der Waals surface area (Å²) in [6, 6.07) is 14.3. The fourth-order valence-electron chi connectivity index (χ4n) is 2.29. The number of nitrogens with zero attached hydrogens (tertiary/aromatic N) is 2. The third kappa shape index (κ3) is 1.27. The molecule has 0 unspecified atom stereocenters. The number of hydrogen-bond donors (Lipinski definition) is 0. The fraction of sp³-hybridized carbons (Fsp3) is 0. The molecule has 2 aromatic carbocycles. The monoisotopic (exact) mass is 234 g/mol. The van der Waals surface area contributed by atoms with Crippen molar-refractivity contribution in [1.29, 1.82) is 0 Å². The first-order valence-corrected chi connectivity index (χ1v) is 5.81. The number of benzene rings is 2. The van der Waals surface area contributed by atoms with Crippen LogP contribution in [0.5, 0.6) is 0 Å². The van der Waals surface area contributed by atoms with Gasteiger partial charge in [0.15, 0.2) is 0 Å². The molecule has 2 aromatic heterocycles. The van der Waals surface area contributed by atoms with Crippen molar-refractivity contribution in [2.24, 2.45) is 0 Å². The molecule has 0 radical (unpaired) electrons. The van der Waals surface area contributed by atoms with Crippen LogP contribution in [0.1, 0.15) is 0 Å². The SMILES string of the molecule is c1ccc2c(c1)oc1ccc(-n3ccnc3)cc12. The second-order valence-electron chi connectivity index (χ2n) is 4.25. The Labute approximate surface area is 103 Å². The normalized spacial score (nSPS) is 11.3. The zero-order valence-electron chi connectivity index (χ0n) is 9.58. The number of hydrogen-bond acceptors (Lipinski definition) is 2. The molecule has 3 nitrogen and oxygen atoms in total. The van der Waals surface area contributed by atoms with Crippen molar-refractivity contribution >= 4 is 21.9 Å². The van der Waals surface area contributed by atoms with E-state index in [1.54, 1.807) is 12.5 Å². The van der Waals surface area contributed by atoms with Gasteiger partial charge in [0, 0.05) is 28.9 Å². The first kappa shape index (κ1) is 9.48. The van der Waals surface area contributed by atoms with E-state index in [4.69, 9.17) is 4.42 Å². The third-order valence-electron chi connectivity index (χ3n) is 3.16. The van der Waals surface area contributed by atoms with Gasteiger partial charge < -0.3 is 8.98 Å². The predicted molar refractivity (Wildman–Crippen MR) is 70.8 cm³/mol. The van der Waals surface area contributed by atoms with Crippen LogP contribution in [0.25, 0.3) is 27.6 Å². The molecule has 0 bridgehead atoms. The van der Waals surface area contributed by atoms with Crippen LogP contribution in [-0.4, -0.2) is 9.55 Å². The highest BCUT2D eigenvalue weighted by Gasteiger charge is 2.07. The van der Waals surface area contributed by atoms with Crippen molar-refractivity contribution in [2.75, 3.05) is 0 Å². The Morgan fingerprint density at radius 2 is 1.83 bits per heavy atom. The van der Waals surface area contributed by atoms with E-state index in [-0.39, 0.29) is 0 Å². The van der Waals surface area contributed by atoms with E-state index in [0.29, 0.717) is 0 Å². The predicted octanol–water partition coefficient (Wildman–Crippen LogP) is 3.77. The first-order valence-electron chi connectivity index (χ1n) is 5.81. The summed E-state index contributed by atoms with van der Waals surface area (Å²) < 4.78 is 7.79. The van der Waals surface area contributed by atoms with Gasteiger partial charge in [0.1, 0.15) is 11.2 Å². The Morgan fingerprint density at radius 1 is 0.944 bits per heavy atom. The number of imidazole rings is 1. The number of fused-ring (bicyclic) bond motifs is 3. The molecule has 0 aliphatic heterocycles. The molecule has 86 valence electrons. The van der Waals surface area contributed by atoms with Gasteiger partial charge in [0.25, 0.3) is 0 Å². The second-order valence-corrected chi connectivity index (χ2v) is 4.25. The van der Waals surface area contributed by atoms with Crippen LogP contribution in [0.2, 0.25) is 0 Å². The Morgan fingerprint density at radius 3 is 2.72 bits per heavy atom. The van der Waals surface area contributed by atoms with Crippen molar-refractivity contribution in [3.05, 3.63) is 61.2 Å². The van der Waals surface area contributed by atoms with Crippen molar-refractivity contribution in [1.82, 2.24) is 9.55 Å². The number of furan rings is 1. The highest BCUT2D eigenvalue weighted by atomic mass is 16.3. The van der Waals surface area contributed by atoms with Gasteiger partial charge in [0.05, 0.1) is 6.33 Å². The van der Waals surface area contributed by atoms with E-state index in [0.717, 1.165) is 27.6 Å². The Kier molecular flexibility index (Phi) is 1.83. The van der Waals surface area contributed by atoms with Crippen LogP contribution in [0.15, 0.2) is 65.6 Å². The van der Waals surface area contributed by atoms with Gasteiger partial charge in [-0.25, -0.2) is 4.98 Å². The van der Waals surface area contributed by atoms with Gasteiger partial charge in [-0.2, -0.15) is 0 Å². The van der Waals surface area contributed by atoms with Crippen molar-refractivity contribution < 1.29 is 4.42 Å². The maximum absolute atomic E-state index is 5.80. The molecule has 0 spiro atoms. The first-order chi connectivity index (χ1) is 8.92. The zero-order valence-corrected chi connectivity index (χ0v) is 9.58. The fourth-order valence-corrected chi connectivity index (χ4v) is 2.29. The quantitative estimate of drug-likeness (QED) is 0.502. The molecule has 0 saturated carbocycles. The van der Waals surface area contributed by atoms with Crippen LogP contribution >= 0.6 is 0 Å². The third-order valence-corrected chi connectivity index (χ3v) is 3.16. The summed E-state index contributed by atoms with van der Waals surface area (Å²) in [5.41, 5.74) is 2.93. The average molecular weight is 234 g/mol. The van der Waals surface area contributed by atoms with Gasteiger partial charge in [-0.1, -0.05) is 18.2 Å². The summed E-state index contributed by atoms with van der Waals surface area (Å²) in [7, 11) is 0. The summed E-state index contributed by atoms with van der Waals surface area (Å²) in [6.45, 7) is 0. The molecular weight excluding hydrogens is 224 g/mol. The van der Waals surface area contributed by atoms with Gasteiger partial charge in [-0.15, -0.1) is 0 Å². The van der Waals surface area contributed by atoms with Crippen LogP contribution in [0, 0.1) is 0 Å². The molecule has 0 atom stereocenters. The largest absolute Gasteiger partial charge is 0.456 e. The number of aromatic nitrogens is 2. The van der Waals surface area contributed by atoms with Crippen molar-refractivity contribution in [2.45, 2.75) is 0 Å². The lowest BCUT2D eigenvalue weighted by molar-refractivity contribution is 0.669. The van der Waals surface area contributed by atoms with Gasteiger partial charge in [-0.05, 0) is 24.3 Å². The van der Waals surface area contributed by atoms with E-state index in [9.17, 15) is 0 Å². The lowest BCUT2D eigenvalue weighted by Gasteiger charge is -2.00. The van der Waals surface area contributed by atoms with Crippen LogP contribution < -0.4 is 0 Å². The van der Waals surface area contributed by atoms with Crippen molar-refractivity contribution in [3.8, 4) is 5.69 Å². The van der Waals surface area contributed by atoms with E-state index in [1.165, 1.54) is 0 Å².